The lowest BCUT2D eigenvalue weighted by Gasteiger charge is -1.59. The summed E-state index contributed by atoms with van der Waals surface area (Å²) in [4.78, 5) is 27.0. The van der Waals surface area contributed by atoms with Gasteiger partial charge in [0.05, 0.1) is 0 Å². The normalized spacial score (nSPS) is 5.50. The van der Waals surface area contributed by atoms with Gasteiger partial charge >= 0.3 is 5.97 Å². The molecule has 0 aliphatic rings. The van der Waals surface area contributed by atoms with Crippen molar-refractivity contribution in [3.63, 3.8) is 0 Å². The zero-order valence-electron chi connectivity index (χ0n) is 7.51. The average Bonchev–Trinajstić information content (AvgIpc) is 1.84. The van der Waals surface area contributed by atoms with Crippen molar-refractivity contribution in [2.75, 3.05) is 0 Å². The second-order valence-corrected chi connectivity index (χ2v) is 1.45. The first-order valence-corrected chi connectivity index (χ1v) is 2.76. The van der Waals surface area contributed by atoms with Gasteiger partial charge in [-0.3, -0.25) is 9.59 Å². The number of aliphatic carboxylic acids is 3. The van der Waals surface area contributed by atoms with Gasteiger partial charge in [-0.15, -0.1) is 0 Å². The molecule has 0 amide bonds. The third-order valence-corrected chi connectivity index (χ3v) is 0.0956. The lowest BCUT2D eigenvalue weighted by atomic mass is 10.8. The molecule has 5 N–H and O–H groups in total. The Morgan fingerprint density at radius 3 is 1.07 bits per heavy atom. The zero-order chi connectivity index (χ0) is 11.4. The van der Waals surface area contributed by atoms with Crippen LogP contribution in [0.3, 0.4) is 0 Å². The van der Waals surface area contributed by atoms with Crippen molar-refractivity contribution in [3.8, 4) is 6.07 Å². The van der Waals surface area contributed by atoms with E-state index in [0.717, 1.165) is 19.9 Å². The molecule has 0 spiro atoms. The number of nitriles is 1. The van der Waals surface area contributed by atoms with E-state index in [9.17, 15) is 0 Å². The molecule has 8 nitrogen and oxygen atoms in total. The largest absolute Gasteiger partial charge is 0.481 e. The molecule has 0 bridgehead atoms. The minimum Gasteiger partial charge on any atom is -0.481 e. The summed E-state index contributed by atoms with van der Waals surface area (Å²) < 4.78 is 0. The summed E-state index contributed by atoms with van der Waals surface area (Å²) in [5.74, 6) is -3.11. The fourth-order valence-electron chi connectivity index (χ4n) is 0. The van der Waals surface area contributed by atoms with Crippen molar-refractivity contribution in [2.24, 2.45) is 0 Å². The van der Waals surface area contributed by atoms with E-state index in [0.29, 0.717) is 0 Å². The third kappa shape index (κ3) is 39500. The van der Waals surface area contributed by atoms with Crippen LogP contribution in [0, 0.1) is 11.3 Å². The highest BCUT2D eigenvalue weighted by Crippen LogP contribution is 1.44. The molecule has 14 heavy (non-hydrogen) atoms. The summed E-state index contributed by atoms with van der Waals surface area (Å²) in [5.41, 5.74) is 0. The number of carboxylic acids is 3. The van der Waals surface area contributed by atoms with Crippen LogP contribution in [0.4, 0.5) is 0 Å². The Hall–Kier alpha value is -2.14. The minimum absolute atomic E-state index is 0. The van der Waals surface area contributed by atoms with Gasteiger partial charge in [0.15, 0.2) is 6.07 Å². The Bertz CT molecular complexity index is 197. The first kappa shape index (κ1) is 22.6. The molecule has 0 aromatic carbocycles. The highest BCUT2D eigenvalue weighted by molar-refractivity contribution is 5.83. The van der Waals surface area contributed by atoms with Crippen LogP contribution in [0.5, 0.6) is 0 Å². The van der Waals surface area contributed by atoms with Crippen LogP contribution in [0.2, 0.25) is 0 Å². The van der Waals surface area contributed by atoms with Crippen molar-refractivity contribution in [1.29, 1.82) is 5.26 Å². The van der Waals surface area contributed by atoms with Crippen LogP contribution in [0.15, 0.2) is 0 Å². The van der Waals surface area contributed by atoms with Crippen molar-refractivity contribution in [3.05, 3.63) is 0 Å². The standard InChI is InChI=1S/C2HNO2.2C2H4O2.H2O/c3-1-2(4)5;2*1-2(3)4;/h(H,4,5);2*1H3,(H,3,4);1H2. The Morgan fingerprint density at radius 2 is 1.07 bits per heavy atom. The number of carbonyl (C=O) groups is 3. The topological polar surface area (TPSA) is 167 Å². The van der Waals surface area contributed by atoms with E-state index < -0.39 is 17.9 Å². The minimum atomic E-state index is -1.44. The molecule has 0 atom stereocenters. The zero-order valence-corrected chi connectivity index (χ0v) is 7.51. The van der Waals surface area contributed by atoms with Gasteiger partial charge in [0.25, 0.3) is 11.9 Å². The quantitative estimate of drug-likeness (QED) is 0.337. The van der Waals surface area contributed by atoms with E-state index in [1.54, 1.807) is 0 Å². The predicted octanol–water partition coefficient (Wildman–Crippen LogP) is -1.05. The molecule has 0 aromatic heterocycles. The van der Waals surface area contributed by atoms with Gasteiger partial charge in [0.2, 0.25) is 0 Å². The molecule has 0 aliphatic carbocycles. The highest BCUT2D eigenvalue weighted by atomic mass is 16.4. The van der Waals surface area contributed by atoms with Crippen LogP contribution in [0.1, 0.15) is 13.8 Å². The third-order valence-electron chi connectivity index (χ3n) is 0.0956. The van der Waals surface area contributed by atoms with Gasteiger partial charge < -0.3 is 20.8 Å². The summed E-state index contributed by atoms with van der Waals surface area (Å²) in [6.07, 6.45) is 0. The van der Waals surface area contributed by atoms with Gasteiger partial charge in [-0.2, -0.15) is 5.26 Å². The summed E-state index contributed by atoms with van der Waals surface area (Å²) in [5, 5.41) is 29.5. The van der Waals surface area contributed by atoms with Crippen molar-refractivity contribution < 1.29 is 35.2 Å². The van der Waals surface area contributed by atoms with Gasteiger partial charge in [-0.25, -0.2) is 4.79 Å². The number of rotatable bonds is 0. The Kier molecular flexibility index (Phi) is 27.6. The maximum Gasteiger partial charge on any atom is 0.408 e. The molecule has 0 unspecified atom stereocenters. The van der Waals surface area contributed by atoms with Gasteiger partial charge in [-0.05, 0) is 0 Å². The molecular formula is C6H11NO7. The predicted molar refractivity (Wildman–Crippen MR) is 43.5 cm³/mol. The molecule has 0 aromatic rings. The maximum atomic E-state index is 9.01. The van der Waals surface area contributed by atoms with E-state index in [2.05, 4.69) is 0 Å². The van der Waals surface area contributed by atoms with Gasteiger partial charge in [0.1, 0.15) is 0 Å². The lowest BCUT2D eigenvalue weighted by molar-refractivity contribution is -0.135. The van der Waals surface area contributed by atoms with E-state index in [1.165, 1.54) is 0 Å². The molecule has 0 aliphatic heterocycles. The Balaban J connectivity index is -0.0000000522. The summed E-state index contributed by atoms with van der Waals surface area (Å²) in [7, 11) is 0. The molecule has 0 saturated heterocycles. The fraction of sp³-hybridized carbons (Fsp3) is 0.333. The van der Waals surface area contributed by atoms with Crippen LogP contribution >= 0.6 is 0 Å². The lowest BCUT2D eigenvalue weighted by Crippen LogP contribution is -1.83. The molecule has 0 fully saturated rings. The maximum absolute atomic E-state index is 9.01. The first-order valence-electron chi connectivity index (χ1n) is 2.76. The Labute approximate surface area is 79.3 Å². The smallest absolute Gasteiger partial charge is 0.408 e. The average molecular weight is 209 g/mol. The van der Waals surface area contributed by atoms with E-state index in [1.807, 2.05) is 0 Å². The van der Waals surface area contributed by atoms with Crippen LogP contribution in [-0.2, 0) is 14.4 Å². The molecule has 0 rings (SSSR count). The molecule has 8 heteroatoms. The van der Waals surface area contributed by atoms with E-state index in [-0.39, 0.29) is 5.48 Å². The SMILES string of the molecule is CC(=O)O.CC(=O)O.N#CC(=O)O.O. The Morgan fingerprint density at radius 1 is 1.00 bits per heavy atom. The second-order valence-electron chi connectivity index (χ2n) is 1.45. The van der Waals surface area contributed by atoms with Gasteiger partial charge in [0, 0.05) is 13.8 Å². The number of carboxylic acid groups (broad SMARTS) is 3. The van der Waals surface area contributed by atoms with Crippen LogP contribution in [0.25, 0.3) is 0 Å². The monoisotopic (exact) mass is 209 g/mol. The van der Waals surface area contributed by atoms with Crippen LogP contribution in [-0.4, -0.2) is 38.7 Å². The fourth-order valence-corrected chi connectivity index (χ4v) is 0. The van der Waals surface area contributed by atoms with Crippen molar-refractivity contribution >= 4 is 17.9 Å². The summed E-state index contributed by atoms with van der Waals surface area (Å²) in [6.45, 7) is 2.17. The highest BCUT2D eigenvalue weighted by Gasteiger charge is 1.79. The molecule has 0 saturated carbocycles. The summed E-state index contributed by atoms with van der Waals surface area (Å²) in [6, 6.07) is 0.944. The number of nitrogens with zero attached hydrogens (tertiary/aromatic N) is 1. The molecule has 0 radical (unpaired) electrons. The molecular weight excluding hydrogens is 198 g/mol. The first-order chi connectivity index (χ1) is 5.73. The number of hydrogen-bond donors (Lipinski definition) is 3. The van der Waals surface area contributed by atoms with Gasteiger partial charge in [-0.1, -0.05) is 0 Å². The number of hydrogen-bond acceptors (Lipinski definition) is 4. The van der Waals surface area contributed by atoms with E-state index in [4.69, 9.17) is 35.0 Å². The summed E-state index contributed by atoms with van der Waals surface area (Å²) >= 11 is 0. The molecule has 82 valence electrons. The van der Waals surface area contributed by atoms with Crippen molar-refractivity contribution in [1.82, 2.24) is 0 Å². The van der Waals surface area contributed by atoms with E-state index >= 15 is 0 Å². The van der Waals surface area contributed by atoms with Crippen molar-refractivity contribution in [2.45, 2.75) is 13.8 Å². The molecule has 0 heterocycles. The van der Waals surface area contributed by atoms with Crippen LogP contribution < -0.4 is 0 Å². The second kappa shape index (κ2) is 17.1.